The van der Waals surface area contributed by atoms with Gasteiger partial charge in [-0.15, -0.1) is 0 Å². The highest BCUT2D eigenvalue weighted by Gasteiger charge is 2.34. The van der Waals surface area contributed by atoms with Gasteiger partial charge in [-0.05, 0) is 47.7 Å². The van der Waals surface area contributed by atoms with Crippen LogP contribution in [0.25, 0.3) is 0 Å². The summed E-state index contributed by atoms with van der Waals surface area (Å²) in [5, 5.41) is -0.244. The normalized spacial score (nSPS) is 11.2. The highest BCUT2D eigenvalue weighted by Crippen LogP contribution is 2.37. The third-order valence-corrected chi connectivity index (χ3v) is 7.79. The Balaban J connectivity index is 0.00000323. The topological polar surface area (TPSA) is 87.5 Å². The van der Waals surface area contributed by atoms with E-state index in [1.54, 1.807) is 6.07 Å². The van der Waals surface area contributed by atoms with Gasteiger partial charge in [-0.2, -0.15) is 13.2 Å². The lowest BCUT2D eigenvalue weighted by atomic mass is 9.90. The van der Waals surface area contributed by atoms with Crippen LogP contribution >= 0.6 is 23.5 Å². The molecular weight excluding hydrogens is 597 g/mol. The van der Waals surface area contributed by atoms with Crippen molar-refractivity contribution in [2.24, 2.45) is 0 Å². The average molecular weight is 635 g/mol. The van der Waals surface area contributed by atoms with Crippen molar-refractivity contribution in [3.05, 3.63) is 130 Å². The zero-order valence-electron chi connectivity index (χ0n) is 24.1. The number of anilines is 1. The zero-order valence-corrected chi connectivity index (χ0v) is 25.7. The van der Waals surface area contributed by atoms with Gasteiger partial charge in [0.05, 0.1) is 17.2 Å². The van der Waals surface area contributed by atoms with E-state index in [2.05, 4.69) is 33.9 Å². The minimum atomic E-state index is -4.51. The summed E-state index contributed by atoms with van der Waals surface area (Å²) in [6.07, 6.45) is -1.86. The number of benzene rings is 4. The largest absolute Gasteiger partial charge is 0.493 e. The first kappa shape index (κ1) is 36.0. The Labute approximate surface area is 260 Å². The molecule has 5 nitrogen and oxygen atoms in total. The van der Waals surface area contributed by atoms with Crippen molar-refractivity contribution >= 4 is 29.2 Å². The van der Waals surface area contributed by atoms with E-state index in [0.29, 0.717) is 31.7 Å². The molecular formula is C33H38ClF3N2O3S. The summed E-state index contributed by atoms with van der Waals surface area (Å²) in [5.74, 6) is 0.836. The summed E-state index contributed by atoms with van der Waals surface area (Å²) in [5.41, 5.74) is 3.93. The lowest BCUT2D eigenvalue weighted by molar-refractivity contribution is -0.137. The van der Waals surface area contributed by atoms with Crippen LogP contribution in [-0.2, 0) is 12.7 Å². The Kier molecular flexibility index (Phi) is 14.4. The van der Waals surface area contributed by atoms with Gasteiger partial charge in [0.15, 0.2) is 0 Å². The fourth-order valence-corrected chi connectivity index (χ4v) is 5.49. The van der Waals surface area contributed by atoms with Gasteiger partial charge in [0.1, 0.15) is 5.75 Å². The molecule has 0 fully saturated rings. The van der Waals surface area contributed by atoms with Crippen molar-refractivity contribution in [2.45, 2.75) is 32.0 Å². The van der Waals surface area contributed by atoms with Crippen molar-refractivity contribution in [3.63, 3.8) is 0 Å². The van der Waals surface area contributed by atoms with E-state index in [1.165, 1.54) is 18.0 Å². The van der Waals surface area contributed by atoms with Gasteiger partial charge in [-0.25, -0.2) is 0 Å². The minimum absolute atomic E-state index is 0. The molecule has 4 aromatic rings. The smallest absolute Gasteiger partial charge is 0.417 e. The van der Waals surface area contributed by atoms with Crippen LogP contribution in [0.15, 0.2) is 97.1 Å². The first-order valence-corrected chi connectivity index (χ1v) is 15.1. The van der Waals surface area contributed by atoms with Gasteiger partial charge < -0.3 is 20.4 Å². The van der Waals surface area contributed by atoms with E-state index in [1.807, 2.05) is 67.8 Å². The van der Waals surface area contributed by atoms with E-state index < -0.39 is 11.7 Å². The molecule has 4 rings (SSSR count). The predicted octanol–water partition coefficient (Wildman–Crippen LogP) is 7.81. The van der Waals surface area contributed by atoms with E-state index in [4.69, 9.17) is 16.3 Å². The summed E-state index contributed by atoms with van der Waals surface area (Å²) in [6, 6.07) is 30.5. The molecule has 0 aromatic heterocycles. The zero-order chi connectivity index (χ0) is 29.2. The maximum Gasteiger partial charge on any atom is 0.417 e. The molecule has 5 N–H and O–H groups in total. The van der Waals surface area contributed by atoms with Gasteiger partial charge >= 0.3 is 6.18 Å². The number of nitrogens with zero attached hydrogens (tertiary/aromatic N) is 1. The van der Waals surface area contributed by atoms with Crippen molar-refractivity contribution in [2.75, 3.05) is 30.7 Å². The van der Waals surface area contributed by atoms with E-state index in [0.717, 1.165) is 34.2 Å². The molecule has 0 radical (unpaired) electrons. The Bertz CT molecular complexity index is 1360. The highest BCUT2D eigenvalue weighted by atomic mass is 35.5. The van der Waals surface area contributed by atoms with Crippen LogP contribution < -0.4 is 9.46 Å². The number of hydrogen-bond donors (Lipinski definition) is 1. The molecule has 0 unspecified atom stereocenters. The van der Waals surface area contributed by atoms with Gasteiger partial charge in [0.2, 0.25) is 0 Å². The Morgan fingerprint density at radius 2 is 1.51 bits per heavy atom. The molecule has 0 atom stereocenters. The second-order valence-electron chi connectivity index (χ2n) is 9.87. The summed E-state index contributed by atoms with van der Waals surface area (Å²) < 4.78 is 50.2. The van der Waals surface area contributed by atoms with Crippen LogP contribution in [-0.4, -0.2) is 41.8 Å². The molecule has 43 heavy (non-hydrogen) atoms. The first-order valence-electron chi connectivity index (χ1n) is 13.5. The van der Waals surface area contributed by atoms with Gasteiger partial charge in [0, 0.05) is 43.6 Å². The molecule has 0 saturated carbocycles. The first-order chi connectivity index (χ1) is 19.8. The van der Waals surface area contributed by atoms with Crippen LogP contribution in [0.1, 0.15) is 40.2 Å². The summed E-state index contributed by atoms with van der Waals surface area (Å²) in [7, 11) is 0. The Morgan fingerprint density at radius 3 is 2.09 bits per heavy atom. The number of halogens is 4. The lowest BCUT2D eigenvalue weighted by Gasteiger charge is -2.29. The van der Waals surface area contributed by atoms with E-state index in [9.17, 15) is 13.2 Å². The van der Waals surface area contributed by atoms with Crippen LogP contribution in [0.5, 0.6) is 5.75 Å². The summed E-state index contributed by atoms with van der Waals surface area (Å²) in [4.78, 5) is 2.17. The third kappa shape index (κ3) is 10.2. The van der Waals surface area contributed by atoms with Crippen molar-refractivity contribution in [3.8, 4) is 5.75 Å². The Morgan fingerprint density at radius 1 is 0.884 bits per heavy atom. The van der Waals surface area contributed by atoms with Gasteiger partial charge in [-0.1, -0.05) is 102 Å². The van der Waals surface area contributed by atoms with Crippen LogP contribution in [0.4, 0.5) is 18.9 Å². The number of alkyl halides is 3. The van der Waals surface area contributed by atoms with E-state index in [-0.39, 0.29) is 28.4 Å². The number of aryl methyl sites for hydroxylation is 1. The van der Waals surface area contributed by atoms with E-state index >= 15 is 0 Å². The molecule has 0 aliphatic carbocycles. The molecule has 0 heterocycles. The number of nitrogens with one attached hydrogen (secondary N) is 1. The maximum absolute atomic E-state index is 13.6. The molecule has 232 valence electrons. The molecule has 0 aliphatic heterocycles. The van der Waals surface area contributed by atoms with Crippen molar-refractivity contribution < 1.29 is 28.9 Å². The van der Waals surface area contributed by atoms with Gasteiger partial charge in [-0.3, -0.25) is 4.90 Å². The number of hydrogen-bond acceptors (Lipinski definition) is 4. The standard InChI is InChI=1S/C33H34ClF3N2OS.2H2O/c1-24-17-18-28(38-41-2)21-31(24)40-20-10-19-39(22-27-15-9-16-30(32(27)34)33(35,36)37)23-29(25-11-5-3-6-12-25)26-13-7-4-8-14-26;;/h3-9,11-18,21,29,38H,10,19-20,22-23H2,1-2H3;2*1H2. The van der Waals surface area contributed by atoms with Crippen LogP contribution in [0, 0.1) is 6.92 Å². The molecule has 4 aromatic carbocycles. The second kappa shape index (κ2) is 17.2. The quantitative estimate of drug-likeness (QED) is 0.120. The monoisotopic (exact) mass is 634 g/mol. The summed E-state index contributed by atoms with van der Waals surface area (Å²) >= 11 is 7.84. The Hall–Kier alpha value is -3.21. The van der Waals surface area contributed by atoms with Crippen LogP contribution in [0.3, 0.4) is 0 Å². The third-order valence-electron chi connectivity index (χ3n) is 6.91. The second-order valence-corrected chi connectivity index (χ2v) is 10.9. The van der Waals surface area contributed by atoms with Gasteiger partial charge in [0.25, 0.3) is 0 Å². The maximum atomic E-state index is 13.6. The SMILES string of the molecule is CSNc1ccc(C)c(OCCCN(Cc2cccc(C(F)(F)F)c2Cl)CC(c2ccccc2)c2ccccc2)c1.O.O. The summed E-state index contributed by atoms with van der Waals surface area (Å²) in [6.45, 7) is 3.98. The number of rotatable bonds is 13. The predicted molar refractivity (Wildman–Crippen MR) is 172 cm³/mol. The number of ether oxygens (including phenoxy) is 1. The molecule has 0 spiro atoms. The minimum Gasteiger partial charge on any atom is -0.493 e. The fraction of sp³-hybridized carbons (Fsp3) is 0.273. The molecule has 10 heteroatoms. The molecule has 0 saturated heterocycles. The highest BCUT2D eigenvalue weighted by molar-refractivity contribution is 7.99. The molecule has 0 aliphatic rings. The molecule has 0 bridgehead atoms. The lowest BCUT2D eigenvalue weighted by Crippen LogP contribution is -2.31. The van der Waals surface area contributed by atoms with Crippen LogP contribution in [0.2, 0.25) is 5.02 Å². The fourth-order valence-electron chi connectivity index (χ4n) is 4.84. The molecule has 0 amide bonds. The average Bonchev–Trinajstić information content (AvgIpc) is 2.96. The van der Waals surface area contributed by atoms with Crippen molar-refractivity contribution in [1.82, 2.24) is 4.90 Å². The van der Waals surface area contributed by atoms with Crippen molar-refractivity contribution in [1.29, 1.82) is 0 Å².